The molecule has 0 aromatic carbocycles. The molecule has 0 radical (unpaired) electrons. The lowest BCUT2D eigenvalue weighted by Crippen LogP contribution is -2.48. The molecule has 3 heterocycles. The molecule has 0 bridgehead atoms. The van der Waals surface area contributed by atoms with E-state index in [1.165, 1.54) is 0 Å². The lowest BCUT2D eigenvalue weighted by atomic mass is 9.68. The molecule has 2 aromatic rings. The van der Waals surface area contributed by atoms with E-state index in [4.69, 9.17) is 0 Å². The summed E-state index contributed by atoms with van der Waals surface area (Å²) in [5, 5.41) is 0. The quantitative estimate of drug-likeness (QED) is 0.695. The fourth-order valence-electron chi connectivity index (χ4n) is 2.54. The van der Waals surface area contributed by atoms with Crippen LogP contribution in [0.2, 0.25) is 0 Å². The lowest BCUT2D eigenvalue weighted by molar-refractivity contribution is 0.190. The number of rotatable bonds is 0. The molecular weight excluding hydrogens is 212 g/mol. The number of nitrogens with zero attached hydrogens (tertiary/aromatic N) is 4. The fourth-order valence-corrected chi connectivity index (χ4v) is 2.54. The second kappa shape index (κ2) is 2.94. The number of fused-ring (bicyclic) bond motifs is 3. The Hall–Kier alpha value is -1.71. The van der Waals surface area contributed by atoms with Crippen molar-refractivity contribution in [2.75, 3.05) is 0 Å². The van der Waals surface area contributed by atoms with Crippen LogP contribution in [-0.4, -0.2) is 19.5 Å². The Kier molecular flexibility index (Phi) is 1.81. The van der Waals surface area contributed by atoms with Crippen molar-refractivity contribution in [3.63, 3.8) is 0 Å². The van der Waals surface area contributed by atoms with Gasteiger partial charge in [0.2, 0.25) is 0 Å². The van der Waals surface area contributed by atoms with E-state index in [1.54, 1.807) is 6.33 Å². The zero-order chi connectivity index (χ0) is 12.3. The molecule has 2 aromatic heterocycles. The highest BCUT2D eigenvalue weighted by Gasteiger charge is 2.47. The SMILES string of the molecule is CC1(C)c2ncncc2-c2nccn2C1(C)C. The van der Waals surface area contributed by atoms with Crippen LogP contribution in [0.5, 0.6) is 0 Å². The zero-order valence-electron chi connectivity index (χ0n) is 10.6. The van der Waals surface area contributed by atoms with Crippen LogP contribution < -0.4 is 0 Å². The first-order valence-electron chi connectivity index (χ1n) is 5.81. The summed E-state index contributed by atoms with van der Waals surface area (Å²) in [5.74, 6) is 0.963. The third-order valence-electron chi connectivity index (χ3n) is 4.32. The molecule has 4 heteroatoms. The average molecular weight is 228 g/mol. The van der Waals surface area contributed by atoms with Crippen LogP contribution in [-0.2, 0) is 11.0 Å². The smallest absolute Gasteiger partial charge is 0.143 e. The van der Waals surface area contributed by atoms with E-state index < -0.39 is 0 Å². The topological polar surface area (TPSA) is 43.6 Å². The van der Waals surface area contributed by atoms with Crippen molar-refractivity contribution in [1.29, 1.82) is 0 Å². The largest absolute Gasteiger partial charge is 0.324 e. The highest BCUT2D eigenvalue weighted by molar-refractivity contribution is 5.62. The van der Waals surface area contributed by atoms with Gasteiger partial charge in [0.15, 0.2) is 0 Å². The molecule has 0 N–H and O–H groups in total. The molecule has 3 rings (SSSR count). The van der Waals surface area contributed by atoms with Crippen LogP contribution in [0.25, 0.3) is 11.4 Å². The summed E-state index contributed by atoms with van der Waals surface area (Å²) in [6.45, 7) is 8.90. The number of imidazole rings is 1. The van der Waals surface area contributed by atoms with E-state index >= 15 is 0 Å². The van der Waals surface area contributed by atoms with Crippen molar-refractivity contribution in [1.82, 2.24) is 19.5 Å². The first-order valence-corrected chi connectivity index (χ1v) is 5.81. The summed E-state index contributed by atoms with van der Waals surface area (Å²) in [4.78, 5) is 13.0. The average Bonchev–Trinajstić information content (AvgIpc) is 2.77. The molecule has 0 fully saturated rings. The molecule has 0 saturated carbocycles. The maximum Gasteiger partial charge on any atom is 0.143 e. The minimum absolute atomic E-state index is 0.0554. The lowest BCUT2D eigenvalue weighted by Gasteiger charge is -2.46. The van der Waals surface area contributed by atoms with Gasteiger partial charge in [0.1, 0.15) is 12.2 Å². The van der Waals surface area contributed by atoms with Gasteiger partial charge in [0.05, 0.1) is 16.8 Å². The van der Waals surface area contributed by atoms with Crippen LogP contribution in [0.3, 0.4) is 0 Å². The van der Waals surface area contributed by atoms with Crippen LogP contribution >= 0.6 is 0 Å². The summed E-state index contributed by atoms with van der Waals surface area (Å²) >= 11 is 0. The minimum Gasteiger partial charge on any atom is -0.324 e. The fraction of sp³-hybridized carbons (Fsp3) is 0.462. The summed E-state index contributed by atoms with van der Waals surface area (Å²) < 4.78 is 2.22. The summed E-state index contributed by atoms with van der Waals surface area (Å²) in [6, 6.07) is 0. The van der Waals surface area contributed by atoms with E-state index in [2.05, 4.69) is 47.2 Å². The van der Waals surface area contributed by atoms with Crippen LogP contribution in [0.15, 0.2) is 24.9 Å². The van der Waals surface area contributed by atoms with Crippen molar-refractivity contribution in [2.24, 2.45) is 0 Å². The summed E-state index contributed by atoms with van der Waals surface area (Å²) in [5.41, 5.74) is 2.01. The summed E-state index contributed by atoms with van der Waals surface area (Å²) in [7, 11) is 0. The van der Waals surface area contributed by atoms with Crippen molar-refractivity contribution >= 4 is 0 Å². The van der Waals surface area contributed by atoms with Gasteiger partial charge in [-0.05, 0) is 13.8 Å². The van der Waals surface area contributed by atoms with Gasteiger partial charge >= 0.3 is 0 Å². The van der Waals surface area contributed by atoms with Crippen molar-refractivity contribution in [3.8, 4) is 11.4 Å². The normalized spacial score (nSPS) is 19.5. The Morgan fingerprint density at radius 3 is 2.65 bits per heavy atom. The molecule has 0 saturated heterocycles. The highest BCUT2D eigenvalue weighted by Crippen LogP contribution is 2.47. The second-order valence-electron chi connectivity index (χ2n) is 5.59. The number of aromatic nitrogens is 4. The maximum atomic E-state index is 4.48. The van der Waals surface area contributed by atoms with E-state index in [-0.39, 0.29) is 11.0 Å². The van der Waals surface area contributed by atoms with Gasteiger partial charge in [-0.1, -0.05) is 13.8 Å². The Bertz CT molecular complexity index is 581. The first kappa shape index (κ1) is 10.4. The maximum absolute atomic E-state index is 4.48. The molecule has 4 nitrogen and oxygen atoms in total. The molecule has 0 amide bonds. The molecule has 0 atom stereocenters. The Morgan fingerprint density at radius 2 is 1.88 bits per heavy atom. The van der Waals surface area contributed by atoms with Gasteiger partial charge in [-0.2, -0.15) is 0 Å². The van der Waals surface area contributed by atoms with Crippen molar-refractivity contribution in [2.45, 2.75) is 38.6 Å². The third-order valence-corrected chi connectivity index (χ3v) is 4.32. The standard InChI is InChI=1S/C13H16N4/c1-12(2)10-9(7-14-8-16-10)11-15-5-6-17(11)13(12,3)4/h5-8H,1-4H3. The zero-order valence-corrected chi connectivity index (χ0v) is 10.6. The monoisotopic (exact) mass is 228 g/mol. The van der Waals surface area contributed by atoms with Crippen molar-refractivity contribution in [3.05, 3.63) is 30.6 Å². The summed E-state index contributed by atoms with van der Waals surface area (Å²) in [6.07, 6.45) is 7.36. The van der Waals surface area contributed by atoms with Gasteiger partial charge < -0.3 is 4.57 Å². The Labute approximate surface area is 101 Å². The third kappa shape index (κ3) is 1.10. The van der Waals surface area contributed by atoms with Crippen LogP contribution in [0.4, 0.5) is 0 Å². The molecule has 0 spiro atoms. The highest BCUT2D eigenvalue weighted by atomic mass is 15.2. The van der Waals surface area contributed by atoms with Gasteiger partial charge in [-0.15, -0.1) is 0 Å². The van der Waals surface area contributed by atoms with Crippen molar-refractivity contribution < 1.29 is 0 Å². The molecule has 0 aliphatic carbocycles. The predicted octanol–water partition coefficient (Wildman–Crippen LogP) is 2.37. The number of hydrogen-bond acceptors (Lipinski definition) is 3. The molecule has 1 aliphatic rings. The molecular formula is C13H16N4. The first-order chi connectivity index (χ1) is 7.96. The number of hydrogen-bond donors (Lipinski definition) is 0. The Morgan fingerprint density at radius 1 is 1.12 bits per heavy atom. The molecule has 88 valence electrons. The van der Waals surface area contributed by atoms with Gasteiger partial charge in [0.25, 0.3) is 0 Å². The van der Waals surface area contributed by atoms with Crippen LogP contribution in [0, 0.1) is 0 Å². The molecule has 17 heavy (non-hydrogen) atoms. The molecule has 0 unspecified atom stereocenters. The predicted molar refractivity (Wildman–Crippen MR) is 65.6 cm³/mol. The van der Waals surface area contributed by atoms with E-state index in [9.17, 15) is 0 Å². The van der Waals surface area contributed by atoms with Gasteiger partial charge in [0, 0.05) is 24.0 Å². The van der Waals surface area contributed by atoms with Crippen LogP contribution in [0.1, 0.15) is 33.4 Å². The van der Waals surface area contributed by atoms with Gasteiger partial charge in [-0.25, -0.2) is 15.0 Å². The molecule has 1 aliphatic heterocycles. The van der Waals surface area contributed by atoms with E-state index in [1.807, 2.05) is 18.6 Å². The van der Waals surface area contributed by atoms with E-state index in [0.29, 0.717) is 0 Å². The Balaban J connectivity index is 2.42. The van der Waals surface area contributed by atoms with E-state index in [0.717, 1.165) is 17.1 Å². The van der Waals surface area contributed by atoms with Gasteiger partial charge in [-0.3, -0.25) is 0 Å². The minimum atomic E-state index is -0.0566. The second-order valence-corrected chi connectivity index (χ2v) is 5.59.